The predicted molar refractivity (Wildman–Crippen MR) is 104 cm³/mol. The van der Waals surface area contributed by atoms with Gasteiger partial charge in [0.25, 0.3) is 10.2 Å². The first-order valence-corrected chi connectivity index (χ1v) is 11.4. The maximum atomic E-state index is 13.0. The van der Waals surface area contributed by atoms with Gasteiger partial charge in [-0.2, -0.15) is 17.0 Å². The maximum absolute atomic E-state index is 13.0. The van der Waals surface area contributed by atoms with E-state index in [0.717, 1.165) is 25.7 Å². The Morgan fingerprint density at radius 1 is 1.08 bits per heavy atom. The van der Waals surface area contributed by atoms with Gasteiger partial charge in [0.05, 0.1) is 5.41 Å². The van der Waals surface area contributed by atoms with Crippen LogP contribution in [0.15, 0.2) is 0 Å². The summed E-state index contributed by atoms with van der Waals surface area (Å²) in [5.41, 5.74) is 5.38. The summed E-state index contributed by atoms with van der Waals surface area (Å²) in [6.45, 7) is 5.93. The summed E-state index contributed by atoms with van der Waals surface area (Å²) in [5.74, 6) is 0.0719. The molecule has 1 saturated heterocycles. The number of hydrogen-bond donors (Lipinski definition) is 1. The van der Waals surface area contributed by atoms with Crippen molar-refractivity contribution < 1.29 is 13.2 Å². The maximum Gasteiger partial charge on any atom is 0.282 e. The fraction of sp³-hybridized carbons (Fsp3) is 0.944. The molecule has 0 aromatic carbocycles. The average molecular weight is 389 g/mol. The third-order valence-electron chi connectivity index (χ3n) is 6.50. The van der Waals surface area contributed by atoms with Crippen molar-refractivity contribution in [3.63, 3.8) is 0 Å². The molecule has 7 nitrogen and oxygen atoms in total. The second-order valence-corrected chi connectivity index (χ2v) is 9.69. The molecule has 0 atom stereocenters. The molecular formula is C18H36N4O3S. The first-order valence-electron chi connectivity index (χ1n) is 10.0. The molecule has 0 bridgehead atoms. The molecule has 0 spiro atoms. The highest BCUT2D eigenvalue weighted by Crippen LogP contribution is 2.29. The molecule has 2 N–H and O–H groups in total. The molecule has 152 valence electrons. The van der Waals surface area contributed by atoms with E-state index in [1.165, 1.54) is 10.7 Å². The van der Waals surface area contributed by atoms with Gasteiger partial charge in [-0.05, 0) is 25.7 Å². The van der Waals surface area contributed by atoms with Crippen LogP contribution in [0.3, 0.4) is 0 Å². The van der Waals surface area contributed by atoms with Crippen LogP contribution >= 0.6 is 0 Å². The summed E-state index contributed by atoms with van der Waals surface area (Å²) < 4.78 is 29.0. The number of nitrogens with zero attached hydrogens (tertiary/aromatic N) is 3. The number of amides is 1. The Morgan fingerprint density at radius 3 is 2.08 bits per heavy atom. The molecule has 1 heterocycles. The van der Waals surface area contributed by atoms with Gasteiger partial charge in [0, 0.05) is 45.8 Å². The molecule has 1 saturated carbocycles. The van der Waals surface area contributed by atoms with E-state index < -0.39 is 15.6 Å². The summed E-state index contributed by atoms with van der Waals surface area (Å²) in [6, 6.07) is 0.110. The monoisotopic (exact) mass is 388 g/mol. The third kappa shape index (κ3) is 4.24. The van der Waals surface area contributed by atoms with Crippen molar-refractivity contribution in [2.45, 2.75) is 64.8 Å². The van der Waals surface area contributed by atoms with Crippen LogP contribution in [-0.4, -0.2) is 73.6 Å². The second-order valence-electron chi connectivity index (χ2n) is 7.70. The Bertz CT molecular complexity index is 555. The third-order valence-corrected chi connectivity index (χ3v) is 8.55. The van der Waals surface area contributed by atoms with Crippen molar-refractivity contribution in [2.75, 3.05) is 39.8 Å². The van der Waals surface area contributed by atoms with E-state index in [0.29, 0.717) is 45.6 Å². The molecule has 0 radical (unpaired) electrons. The summed E-state index contributed by atoms with van der Waals surface area (Å²) in [7, 11) is -1.75. The number of piperazine rings is 1. The highest BCUT2D eigenvalue weighted by molar-refractivity contribution is 7.86. The van der Waals surface area contributed by atoms with Crippen LogP contribution in [0.25, 0.3) is 0 Å². The van der Waals surface area contributed by atoms with Gasteiger partial charge in [0.15, 0.2) is 0 Å². The number of carbonyl (C=O) groups excluding carboxylic acids is 1. The molecule has 1 aliphatic heterocycles. The number of rotatable bonds is 7. The van der Waals surface area contributed by atoms with E-state index in [1.54, 1.807) is 16.3 Å². The Labute approximate surface area is 159 Å². The molecule has 2 rings (SSSR count). The number of hydrogen-bond acceptors (Lipinski definition) is 4. The van der Waals surface area contributed by atoms with Crippen molar-refractivity contribution in [1.82, 2.24) is 13.5 Å². The minimum absolute atomic E-state index is 0.0719. The van der Waals surface area contributed by atoms with Crippen molar-refractivity contribution in [3.8, 4) is 0 Å². The first-order chi connectivity index (χ1) is 12.3. The average Bonchev–Trinajstić information content (AvgIpc) is 2.69. The van der Waals surface area contributed by atoms with Crippen LogP contribution in [0.1, 0.15) is 58.8 Å². The molecule has 1 amide bonds. The van der Waals surface area contributed by atoms with Crippen LogP contribution in [0.5, 0.6) is 0 Å². The quantitative estimate of drug-likeness (QED) is 0.714. The van der Waals surface area contributed by atoms with Gasteiger partial charge in [0.2, 0.25) is 5.91 Å². The van der Waals surface area contributed by atoms with Gasteiger partial charge in [-0.15, -0.1) is 0 Å². The molecule has 8 heteroatoms. The lowest BCUT2D eigenvalue weighted by Gasteiger charge is -2.41. The van der Waals surface area contributed by atoms with Crippen LogP contribution in [0.4, 0.5) is 0 Å². The zero-order valence-electron chi connectivity index (χ0n) is 16.6. The summed E-state index contributed by atoms with van der Waals surface area (Å²) in [6.07, 6.45) is 6.71. The molecule has 0 aromatic heterocycles. The van der Waals surface area contributed by atoms with E-state index in [4.69, 9.17) is 5.73 Å². The zero-order chi connectivity index (χ0) is 19.4. The fourth-order valence-corrected chi connectivity index (χ4v) is 5.78. The van der Waals surface area contributed by atoms with Gasteiger partial charge >= 0.3 is 0 Å². The number of carbonyl (C=O) groups is 1. The molecule has 1 aliphatic carbocycles. The van der Waals surface area contributed by atoms with Gasteiger partial charge in [-0.1, -0.05) is 33.1 Å². The molecular weight excluding hydrogens is 352 g/mol. The summed E-state index contributed by atoms with van der Waals surface area (Å²) >= 11 is 0. The lowest BCUT2D eigenvalue weighted by molar-refractivity contribution is -0.143. The zero-order valence-corrected chi connectivity index (χ0v) is 17.4. The first kappa shape index (κ1) is 21.6. The molecule has 26 heavy (non-hydrogen) atoms. The Kier molecular flexibility index (Phi) is 7.47. The highest BCUT2D eigenvalue weighted by atomic mass is 32.2. The Balaban J connectivity index is 1.99. The Hall–Kier alpha value is -0.700. The largest absolute Gasteiger partial charge is 0.340 e. The normalized spacial score (nSPS) is 21.3. The molecule has 2 aliphatic rings. The van der Waals surface area contributed by atoms with Crippen LogP contribution in [0.2, 0.25) is 0 Å². The van der Waals surface area contributed by atoms with Gasteiger partial charge in [-0.25, -0.2) is 0 Å². The second kappa shape index (κ2) is 8.99. The van der Waals surface area contributed by atoms with E-state index >= 15 is 0 Å². The minimum Gasteiger partial charge on any atom is -0.340 e. The van der Waals surface area contributed by atoms with E-state index in [2.05, 4.69) is 0 Å². The van der Waals surface area contributed by atoms with Crippen LogP contribution < -0.4 is 5.73 Å². The SMILES string of the molecule is CCC(CC)(CN)C(=O)N1CCN(S(=O)(=O)N(C)C2CCCCC2)CC1. The fourth-order valence-electron chi connectivity index (χ4n) is 4.20. The molecule has 2 fully saturated rings. The topological polar surface area (TPSA) is 87.0 Å². The van der Waals surface area contributed by atoms with E-state index in [1.807, 2.05) is 13.8 Å². The van der Waals surface area contributed by atoms with Crippen molar-refractivity contribution in [3.05, 3.63) is 0 Å². The van der Waals surface area contributed by atoms with Crippen molar-refractivity contribution in [1.29, 1.82) is 0 Å². The summed E-state index contributed by atoms with van der Waals surface area (Å²) in [5, 5.41) is 0. The lowest BCUT2D eigenvalue weighted by Crippen LogP contribution is -2.58. The van der Waals surface area contributed by atoms with Gasteiger partial charge < -0.3 is 10.6 Å². The molecule has 0 unspecified atom stereocenters. The Morgan fingerprint density at radius 2 is 1.62 bits per heavy atom. The van der Waals surface area contributed by atoms with Crippen molar-refractivity contribution in [2.24, 2.45) is 11.1 Å². The minimum atomic E-state index is -3.46. The van der Waals surface area contributed by atoms with Crippen LogP contribution in [0, 0.1) is 5.41 Å². The smallest absolute Gasteiger partial charge is 0.282 e. The van der Waals surface area contributed by atoms with E-state index in [9.17, 15) is 13.2 Å². The summed E-state index contributed by atoms with van der Waals surface area (Å²) in [4.78, 5) is 14.7. The van der Waals surface area contributed by atoms with Crippen molar-refractivity contribution >= 4 is 16.1 Å². The highest BCUT2D eigenvalue weighted by Gasteiger charge is 2.40. The predicted octanol–water partition coefficient (Wildman–Crippen LogP) is 1.41. The van der Waals surface area contributed by atoms with E-state index in [-0.39, 0.29) is 11.9 Å². The number of nitrogens with two attached hydrogens (primary N) is 1. The van der Waals surface area contributed by atoms with Gasteiger partial charge in [0.1, 0.15) is 0 Å². The molecule has 0 aromatic rings. The van der Waals surface area contributed by atoms with Crippen LogP contribution in [-0.2, 0) is 15.0 Å². The van der Waals surface area contributed by atoms with Gasteiger partial charge in [-0.3, -0.25) is 4.79 Å². The lowest BCUT2D eigenvalue weighted by atomic mass is 9.81. The standard InChI is InChI=1S/C18H36N4O3S/c1-4-18(5-2,15-19)17(23)21-11-13-22(14-12-21)26(24,25)20(3)16-9-7-6-8-10-16/h16H,4-15,19H2,1-3H3.